The fourth-order valence-electron chi connectivity index (χ4n) is 6.95. The highest BCUT2D eigenvalue weighted by Crippen LogP contribution is 2.43. The fraction of sp³-hybridized carbons (Fsp3) is 0.627. The van der Waals surface area contributed by atoms with E-state index >= 15 is 0 Å². The summed E-state index contributed by atoms with van der Waals surface area (Å²) in [4.78, 5) is 35.1. The molecule has 2 atom stereocenters. The quantitative estimate of drug-likeness (QED) is 0.0264. The highest BCUT2D eigenvalue weighted by molar-refractivity contribution is 7.47. The Labute approximate surface area is 421 Å². The van der Waals surface area contributed by atoms with E-state index in [0.29, 0.717) is 6.42 Å². The maximum atomic E-state index is 12.6. The Kier molecular flexibility index (Phi) is 51.0. The highest BCUT2D eigenvalue weighted by atomic mass is 31.2. The molecule has 0 aliphatic heterocycles. The molecule has 69 heavy (non-hydrogen) atoms. The van der Waals surface area contributed by atoms with Crippen LogP contribution in [0.5, 0.6) is 0 Å². The zero-order valence-electron chi connectivity index (χ0n) is 43.5. The Morgan fingerprint density at radius 3 is 1.17 bits per heavy atom. The number of phosphoric ester groups is 1. The first-order valence-electron chi connectivity index (χ1n) is 27.0. The van der Waals surface area contributed by atoms with Crippen molar-refractivity contribution in [1.29, 1.82) is 0 Å². The van der Waals surface area contributed by atoms with Crippen molar-refractivity contribution in [3.05, 3.63) is 122 Å². The number of nitrogens with two attached hydrogens (primary N) is 1. The topological polar surface area (TPSA) is 134 Å². The van der Waals surface area contributed by atoms with E-state index < -0.39 is 32.5 Å². The van der Waals surface area contributed by atoms with E-state index in [-0.39, 0.29) is 32.6 Å². The SMILES string of the molecule is CC/C=C\C/C=C\C/C=C\C/C=C\C/C=C\C/C=C\CCC(=O)OC(COC(=O)CCCCCCCCCCCCCCCCCC/C=C\C/C=C\C/C=C\C/C=C\CC)COP(=O)(O)OCCN. The van der Waals surface area contributed by atoms with Gasteiger partial charge in [-0.15, -0.1) is 0 Å². The number of rotatable bonds is 49. The van der Waals surface area contributed by atoms with Crippen LogP contribution in [-0.2, 0) is 32.7 Å². The van der Waals surface area contributed by atoms with Crippen molar-refractivity contribution in [2.45, 2.75) is 213 Å². The molecule has 2 unspecified atom stereocenters. The van der Waals surface area contributed by atoms with Gasteiger partial charge < -0.3 is 20.1 Å². The normalized spacial score (nSPS) is 14.1. The van der Waals surface area contributed by atoms with Gasteiger partial charge in [-0.05, 0) is 89.9 Å². The molecule has 0 rings (SSSR count). The average molecular weight is 980 g/mol. The summed E-state index contributed by atoms with van der Waals surface area (Å²) < 4.78 is 32.9. The number of allylic oxidation sites excluding steroid dienone is 20. The lowest BCUT2D eigenvalue weighted by atomic mass is 10.0. The number of unbranched alkanes of at least 4 members (excludes halogenated alkanes) is 16. The van der Waals surface area contributed by atoms with Crippen molar-refractivity contribution in [2.24, 2.45) is 5.73 Å². The van der Waals surface area contributed by atoms with Crippen molar-refractivity contribution in [1.82, 2.24) is 0 Å². The molecule has 0 fully saturated rings. The van der Waals surface area contributed by atoms with Gasteiger partial charge >= 0.3 is 19.8 Å². The summed E-state index contributed by atoms with van der Waals surface area (Å²) in [5, 5.41) is 0. The number of hydrogen-bond donors (Lipinski definition) is 2. The van der Waals surface area contributed by atoms with E-state index in [1.165, 1.54) is 89.9 Å². The molecule has 0 aliphatic rings. The summed E-state index contributed by atoms with van der Waals surface area (Å²) in [5.41, 5.74) is 5.36. The monoisotopic (exact) mass is 980 g/mol. The summed E-state index contributed by atoms with van der Waals surface area (Å²) in [7, 11) is -4.41. The van der Waals surface area contributed by atoms with E-state index in [2.05, 4.69) is 123 Å². The molecule has 392 valence electrons. The minimum atomic E-state index is -4.41. The van der Waals surface area contributed by atoms with Crippen LogP contribution in [0.4, 0.5) is 0 Å². The molecule has 0 amide bonds. The number of ether oxygens (including phenoxy) is 2. The van der Waals surface area contributed by atoms with Crippen LogP contribution in [0.1, 0.15) is 206 Å². The Hall–Kier alpha value is -3.59. The van der Waals surface area contributed by atoms with Gasteiger partial charge in [-0.3, -0.25) is 18.6 Å². The molecule has 0 aromatic carbocycles. The molecule has 0 radical (unpaired) electrons. The van der Waals surface area contributed by atoms with E-state index in [1.807, 2.05) is 12.2 Å². The third-order valence-electron chi connectivity index (χ3n) is 10.9. The third-order valence-corrected chi connectivity index (χ3v) is 11.8. The number of esters is 2. The molecule has 0 saturated carbocycles. The zero-order valence-corrected chi connectivity index (χ0v) is 44.4. The molecule has 0 bridgehead atoms. The summed E-state index contributed by atoms with van der Waals surface area (Å²) in [6.07, 6.45) is 74.1. The zero-order chi connectivity index (χ0) is 50.2. The van der Waals surface area contributed by atoms with Gasteiger partial charge in [0.2, 0.25) is 0 Å². The minimum absolute atomic E-state index is 0.0363. The Morgan fingerprint density at radius 1 is 0.435 bits per heavy atom. The van der Waals surface area contributed by atoms with Crippen molar-refractivity contribution < 1.29 is 37.6 Å². The van der Waals surface area contributed by atoms with E-state index in [4.69, 9.17) is 24.3 Å². The molecule has 10 heteroatoms. The van der Waals surface area contributed by atoms with Crippen LogP contribution in [0.25, 0.3) is 0 Å². The lowest BCUT2D eigenvalue weighted by Gasteiger charge is -2.19. The fourth-order valence-corrected chi connectivity index (χ4v) is 7.71. The number of hydrogen-bond acceptors (Lipinski definition) is 8. The van der Waals surface area contributed by atoms with Crippen LogP contribution < -0.4 is 5.73 Å². The van der Waals surface area contributed by atoms with Gasteiger partial charge in [0.05, 0.1) is 13.2 Å². The minimum Gasteiger partial charge on any atom is -0.462 e. The third kappa shape index (κ3) is 53.6. The average Bonchev–Trinajstić information content (AvgIpc) is 3.34. The number of phosphoric acid groups is 1. The maximum Gasteiger partial charge on any atom is 0.472 e. The van der Waals surface area contributed by atoms with Gasteiger partial charge in [-0.25, -0.2) is 4.57 Å². The summed E-state index contributed by atoms with van der Waals surface area (Å²) >= 11 is 0. The molecule has 0 spiro atoms. The van der Waals surface area contributed by atoms with Gasteiger partial charge in [0.1, 0.15) is 6.61 Å². The van der Waals surface area contributed by atoms with Crippen molar-refractivity contribution in [3.63, 3.8) is 0 Å². The van der Waals surface area contributed by atoms with Gasteiger partial charge in [0.15, 0.2) is 6.10 Å². The largest absolute Gasteiger partial charge is 0.472 e. The lowest BCUT2D eigenvalue weighted by molar-refractivity contribution is -0.161. The second-order valence-corrected chi connectivity index (χ2v) is 18.8. The van der Waals surface area contributed by atoms with E-state index in [1.54, 1.807) is 0 Å². The van der Waals surface area contributed by atoms with Gasteiger partial charge in [-0.2, -0.15) is 0 Å². The Morgan fingerprint density at radius 2 is 0.783 bits per heavy atom. The molecule has 0 aromatic heterocycles. The van der Waals surface area contributed by atoms with E-state index in [9.17, 15) is 19.0 Å². The highest BCUT2D eigenvalue weighted by Gasteiger charge is 2.26. The van der Waals surface area contributed by atoms with Gasteiger partial charge in [-0.1, -0.05) is 225 Å². The first-order valence-corrected chi connectivity index (χ1v) is 28.5. The first kappa shape index (κ1) is 65.4. The van der Waals surface area contributed by atoms with Gasteiger partial charge in [0.25, 0.3) is 0 Å². The maximum absolute atomic E-state index is 12.6. The molecule has 0 aromatic rings. The van der Waals surface area contributed by atoms with Crippen LogP contribution in [0.2, 0.25) is 0 Å². The van der Waals surface area contributed by atoms with Crippen LogP contribution in [-0.4, -0.2) is 49.3 Å². The molecule has 0 saturated heterocycles. The van der Waals surface area contributed by atoms with Crippen LogP contribution in [0.15, 0.2) is 122 Å². The number of carbonyl (C=O) groups excluding carboxylic acids is 2. The summed E-state index contributed by atoms with van der Waals surface area (Å²) in [6.45, 7) is 3.42. The molecule has 0 aliphatic carbocycles. The van der Waals surface area contributed by atoms with Crippen LogP contribution >= 0.6 is 7.82 Å². The summed E-state index contributed by atoms with van der Waals surface area (Å²) in [5.74, 6) is -0.931. The smallest absolute Gasteiger partial charge is 0.462 e. The Balaban J connectivity index is 4.06. The van der Waals surface area contributed by atoms with Crippen LogP contribution in [0.3, 0.4) is 0 Å². The predicted octanol–water partition coefficient (Wildman–Crippen LogP) is 16.8. The number of carbonyl (C=O) groups is 2. The van der Waals surface area contributed by atoms with E-state index in [0.717, 1.165) is 83.5 Å². The lowest BCUT2D eigenvalue weighted by Crippen LogP contribution is -2.29. The van der Waals surface area contributed by atoms with Crippen LogP contribution in [0, 0.1) is 0 Å². The second kappa shape index (κ2) is 53.8. The van der Waals surface area contributed by atoms with Gasteiger partial charge in [0, 0.05) is 19.4 Å². The van der Waals surface area contributed by atoms with Crippen molar-refractivity contribution in [2.75, 3.05) is 26.4 Å². The van der Waals surface area contributed by atoms with Crippen molar-refractivity contribution in [3.8, 4) is 0 Å². The van der Waals surface area contributed by atoms with Crippen molar-refractivity contribution >= 4 is 19.8 Å². The molecule has 3 N–H and O–H groups in total. The second-order valence-electron chi connectivity index (χ2n) is 17.3. The molecular weight excluding hydrogens is 882 g/mol. The molecule has 0 heterocycles. The standard InChI is InChI=1S/C59H98NO8P/c1-3-5-7-9-11-13-15-17-19-21-23-24-25-26-27-28-29-30-31-32-34-35-37-39-41-43-45-47-49-51-58(61)65-55-57(56-67-69(63,64)66-54-53-60)68-59(62)52-50-48-46-44-42-40-38-36-33-22-20-18-16-14-12-10-8-6-4-2/h5-8,11-14,17-20,23-24,33,36,40,42,46,48,57H,3-4,9-10,15-16,21-22,25-32,34-35,37-39,41,43-45,47,49-56,60H2,1-2H3,(H,63,64)/b7-5-,8-6-,13-11-,14-12-,19-17-,20-18-,24-23-,36-33-,42-40-,48-46-. The first-order chi connectivity index (χ1) is 33.8. The molecular formula is C59H98NO8P. The Bertz CT molecular complexity index is 1540. The summed E-state index contributed by atoms with van der Waals surface area (Å²) in [6, 6.07) is 0. The molecule has 9 nitrogen and oxygen atoms in total. The predicted molar refractivity (Wildman–Crippen MR) is 293 cm³/mol.